The molecule has 0 unspecified atom stereocenters. The summed E-state index contributed by atoms with van der Waals surface area (Å²) < 4.78 is 5.26. The van der Waals surface area contributed by atoms with E-state index in [-0.39, 0.29) is 0 Å². The molecule has 0 amide bonds. The maximum atomic E-state index is 5.46. The molecule has 2 saturated heterocycles. The number of benzene rings is 1. The zero-order valence-electron chi connectivity index (χ0n) is 11.4. The van der Waals surface area contributed by atoms with Crippen LogP contribution in [0.15, 0.2) is 24.3 Å². The third kappa shape index (κ3) is 3.03. The zero-order chi connectivity index (χ0) is 13.9. The first kappa shape index (κ1) is 13.6. The van der Waals surface area contributed by atoms with Gasteiger partial charge in [-0.2, -0.15) is 0 Å². The minimum atomic E-state index is 0.300. The van der Waals surface area contributed by atoms with Gasteiger partial charge in [0.05, 0.1) is 19.3 Å². The maximum Gasteiger partial charge on any atom is 0.168 e. The second kappa shape index (κ2) is 5.95. The lowest BCUT2D eigenvalue weighted by Crippen LogP contribution is -2.56. The van der Waals surface area contributed by atoms with Crippen molar-refractivity contribution in [3.63, 3.8) is 0 Å². The molecule has 1 aromatic rings. The molecule has 0 spiro atoms. The van der Waals surface area contributed by atoms with Crippen molar-refractivity contribution in [2.75, 3.05) is 49.6 Å². The molecule has 108 valence electrons. The van der Waals surface area contributed by atoms with Gasteiger partial charge in [-0.1, -0.05) is 0 Å². The number of thiocarbonyl (C=S) groups is 1. The van der Waals surface area contributed by atoms with Crippen molar-refractivity contribution in [3.8, 4) is 0 Å². The minimum absolute atomic E-state index is 0.300. The summed E-state index contributed by atoms with van der Waals surface area (Å²) >= 11 is 4.83. The molecule has 0 saturated carbocycles. The molecule has 2 aliphatic heterocycles. The lowest BCUT2D eigenvalue weighted by molar-refractivity contribution is -0.0660. The predicted molar refractivity (Wildman–Crippen MR) is 85.2 cm³/mol. The fraction of sp³-hybridized carbons (Fsp3) is 0.500. The van der Waals surface area contributed by atoms with Gasteiger partial charge in [-0.3, -0.25) is 4.90 Å². The Kier molecular flexibility index (Phi) is 4.05. The monoisotopic (exact) mass is 292 g/mol. The molecular formula is C14H20N4OS. The van der Waals surface area contributed by atoms with Gasteiger partial charge >= 0.3 is 0 Å². The SMILES string of the molecule is NC(=S)Nc1ccc(N2CCN(C3COC3)CC2)cc1. The fourth-order valence-electron chi connectivity index (χ4n) is 2.68. The molecule has 2 fully saturated rings. The summed E-state index contributed by atoms with van der Waals surface area (Å²) in [6, 6.07) is 8.90. The predicted octanol–water partition coefficient (Wildman–Crippen LogP) is 0.863. The van der Waals surface area contributed by atoms with Gasteiger partial charge in [-0.05, 0) is 36.5 Å². The van der Waals surface area contributed by atoms with Crippen LogP contribution in [0.1, 0.15) is 0 Å². The van der Waals surface area contributed by atoms with Crippen LogP contribution in [0, 0.1) is 0 Å². The van der Waals surface area contributed by atoms with E-state index in [1.54, 1.807) is 0 Å². The number of anilines is 2. The van der Waals surface area contributed by atoms with Gasteiger partial charge < -0.3 is 20.7 Å². The number of rotatable bonds is 3. The van der Waals surface area contributed by atoms with E-state index in [4.69, 9.17) is 22.7 Å². The second-order valence-corrected chi connectivity index (χ2v) is 5.69. The Morgan fingerprint density at radius 1 is 1.15 bits per heavy atom. The Hall–Kier alpha value is -1.37. The molecule has 0 atom stereocenters. The summed E-state index contributed by atoms with van der Waals surface area (Å²) in [7, 11) is 0. The second-order valence-electron chi connectivity index (χ2n) is 5.25. The zero-order valence-corrected chi connectivity index (χ0v) is 12.2. The quantitative estimate of drug-likeness (QED) is 0.806. The van der Waals surface area contributed by atoms with Crippen LogP contribution >= 0.6 is 12.2 Å². The van der Waals surface area contributed by atoms with Crippen molar-refractivity contribution >= 4 is 28.7 Å². The number of hydrogen-bond donors (Lipinski definition) is 2. The smallest absolute Gasteiger partial charge is 0.168 e. The Bertz CT molecular complexity index is 467. The van der Waals surface area contributed by atoms with Crippen LogP contribution < -0.4 is 16.0 Å². The third-order valence-corrected chi connectivity index (χ3v) is 4.05. The molecule has 6 heteroatoms. The maximum absolute atomic E-state index is 5.46. The molecule has 2 heterocycles. The van der Waals surface area contributed by atoms with E-state index in [2.05, 4.69) is 27.2 Å². The molecule has 2 aliphatic rings. The van der Waals surface area contributed by atoms with Crippen LogP contribution in [0.4, 0.5) is 11.4 Å². The number of piperazine rings is 1. The average Bonchev–Trinajstić information content (AvgIpc) is 2.38. The van der Waals surface area contributed by atoms with Crippen molar-refractivity contribution in [2.24, 2.45) is 5.73 Å². The largest absolute Gasteiger partial charge is 0.378 e. The summed E-state index contributed by atoms with van der Waals surface area (Å²) in [6.07, 6.45) is 0. The van der Waals surface area contributed by atoms with Crippen LogP contribution in [0.25, 0.3) is 0 Å². The Balaban J connectivity index is 1.55. The first-order valence-corrected chi connectivity index (χ1v) is 7.36. The fourth-order valence-corrected chi connectivity index (χ4v) is 2.80. The lowest BCUT2D eigenvalue weighted by atomic mass is 10.1. The highest BCUT2D eigenvalue weighted by molar-refractivity contribution is 7.80. The van der Waals surface area contributed by atoms with Gasteiger partial charge in [0.25, 0.3) is 0 Å². The summed E-state index contributed by atoms with van der Waals surface area (Å²) in [5, 5.41) is 3.24. The van der Waals surface area contributed by atoms with Crippen LogP contribution in [0.2, 0.25) is 0 Å². The van der Waals surface area contributed by atoms with Gasteiger partial charge in [0.15, 0.2) is 5.11 Å². The normalized spacial score (nSPS) is 20.5. The average molecular weight is 292 g/mol. The number of nitrogens with one attached hydrogen (secondary N) is 1. The standard InChI is InChI=1S/C14H20N4OS/c15-14(20)16-11-1-3-12(4-2-11)17-5-7-18(8-6-17)13-9-19-10-13/h1-4,13H,5-10H2,(H3,15,16,20). The Labute approximate surface area is 124 Å². The van der Waals surface area contributed by atoms with Gasteiger partial charge in [-0.15, -0.1) is 0 Å². The van der Waals surface area contributed by atoms with Crippen LogP contribution in [0.5, 0.6) is 0 Å². The van der Waals surface area contributed by atoms with E-state index in [1.807, 2.05) is 12.1 Å². The molecule has 20 heavy (non-hydrogen) atoms. The van der Waals surface area contributed by atoms with E-state index >= 15 is 0 Å². The van der Waals surface area contributed by atoms with E-state index in [9.17, 15) is 0 Å². The van der Waals surface area contributed by atoms with Crippen molar-refractivity contribution in [1.82, 2.24) is 4.90 Å². The Morgan fingerprint density at radius 2 is 1.80 bits per heavy atom. The number of ether oxygens (including phenoxy) is 1. The van der Waals surface area contributed by atoms with E-state index < -0.39 is 0 Å². The van der Waals surface area contributed by atoms with Crippen molar-refractivity contribution in [3.05, 3.63) is 24.3 Å². The van der Waals surface area contributed by atoms with Crippen molar-refractivity contribution < 1.29 is 4.74 Å². The molecule has 3 N–H and O–H groups in total. The number of nitrogens with two attached hydrogens (primary N) is 1. The number of hydrogen-bond acceptors (Lipinski definition) is 4. The molecular weight excluding hydrogens is 272 g/mol. The van der Waals surface area contributed by atoms with Crippen molar-refractivity contribution in [2.45, 2.75) is 6.04 Å². The molecule has 5 nitrogen and oxygen atoms in total. The van der Waals surface area contributed by atoms with Crippen molar-refractivity contribution in [1.29, 1.82) is 0 Å². The van der Waals surface area contributed by atoms with E-state index in [1.165, 1.54) is 5.69 Å². The first-order chi connectivity index (χ1) is 9.72. The van der Waals surface area contributed by atoms with E-state index in [0.29, 0.717) is 11.2 Å². The molecule has 0 aromatic heterocycles. The topological polar surface area (TPSA) is 53.8 Å². The molecule has 0 bridgehead atoms. The van der Waals surface area contributed by atoms with Gasteiger partial charge in [0.2, 0.25) is 0 Å². The summed E-state index contributed by atoms with van der Waals surface area (Å²) in [4.78, 5) is 4.95. The van der Waals surface area contributed by atoms with E-state index in [0.717, 1.165) is 45.1 Å². The minimum Gasteiger partial charge on any atom is -0.378 e. The molecule has 0 aliphatic carbocycles. The lowest BCUT2D eigenvalue weighted by Gasteiger charge is -2.43. The van der Waals surface area contributed by atoms with Crippen LogP contribution in [0.3, 0.4) is 0 Å². The van der Waals surface area contributed by atoms with Gasteiger partial charge in [-0.25, -0.2) is 0 Å². The van der Waals surface area contributed by atoms with Gasteiger partial charge in [0, 0.05) is 37.6 Å². The first-order valence-electron chi connectivity index (χ1n) is 6.95. The highest BCUT2D eigenvalue weighted by atomic mass is 32.1. The summed E-state index contributed by atoms with van der Waals surface area (Å²) in [6.45, 7) is 6.16. The highest BCUT2D eigenvalue weighted by Gasteiger charge is 2.28. The molecule has 3 rings (SSSR count). The summed E-state index contributed by atoms with van der Waals surface area (Å²) in [5.74, 6) is 0. The molecule has 1 aromatic carbocycles. The number of nitrogens with zero attached hydrogens (tertiary/aromatic N) is 2. The Morgan fingerprint density at radius 3 is 2.30 bits per heavy atom. The van der Waals surface area contributed by atoms with Crippen LogP contribution in [-0.2, 0) is 4.74 Å². The van der Waals surface area contributed by atoms with Gasteiger partial charge in [0.1, 0.15) is 0 Å². The third-order valence-electron chi connectivity index (χ3n) is 3.95. The van der Waals surface area contributed by atoms with Crippen LogP contribution in [-0.4, -0.2) is 55.4 Å². The molecule has 0 radical (unpaired) electrons. The highest BCUT2D eigenvalue weighted by Crippen LogP contribution is 2.21. The summed E-state index contributed by atoms with van der Waals surface area (Å²) in [5.41, 5.74) is 7.65.